The maximum atomic E-state index is 11.7. The highest BCUT2D eigenvalue weighted by Gasteiger charge is 2.31. The van der Waals surface area contributed by atoms with E-state index in [4.69, 9.17) is 14.2 Å². The first-order chi connectivity index (χ1) is 8.72. The lowest BCUT2D eigenvalue weighted by Gasteiger charge is -2.10. The Morgan fingerprint density at radius 1 is 1.28 bits per heavy atom. The zero-order valence-electron chi connectivity index (χ0n) is 10.8. The SMILES string of the molecule is CCC/C=C1\OC(=O)c2ccc(OC)c(OC)c21. The van der Waals surface area contributed by atoms with Gasteiger partial charge in [-0.05, 0) is 24.6 Å². The third-order valence-electron chi connectivity index (χ3n) is 2.83. The van der Waals surface area contributed by atoms with Crippen LogP contribution in [0.25, 0.3) is 5.76 Å². The minimum atomic E-state index is -0.340. The summed E-state index contributed by atoms with van der Waals surface area (Å²) in [6.07, 6.45) is 3.75. The van der Waals surface area contributed by atoms with Crippen molar-refractivity contribution in [2.75, 3.05) is 14.2 Å². The van der Waals surface area contributed by atoms with Crippen LogP contribution in [0.2, 0.25) is 0 Å². The summed E-state index contributed by atoms with van der Waals surface area (Å²) in [6, 6.07) is 3.41. The molecule has 0 saturated carbocycles. The van der Waals surface area contributed by atoms with Crippen LogP contribution in [0.5, 0.6) is 11.5 Å². The van der Waals surface area contributed by atoms with Gasteiger partial charge in [-0.3, -0.25) is 0 Å². The summed E-state index contributed by atoms with van der Waals surface area (Å²) >= 11 is 0. The van der Waals surface area contributed by atoms with E-state index in [9.17, 15) is 4.79 Å². The number of esters is 1. The van der Waals surface area contributed by atoms with Gasteiger partial charge in [0.25, 0.3) is 0 Å². The van der Waals surface area contributed by atoms with Crippen molar-refractivity contribution >= 4 is 11.7 Å². The van der Waals surface area contributed by atoms with Gasteiger partial charge in [0, 0.05) is 0 Å². The number of cyclic esters (lactones) is 1. The van der Waals surface area contributed by atoms with E-state index in [1.165, 1.54) is 0 Å². The smallest absolute Gasteiger partial charge is 0.344 e. The molecular weight excluding hydrogens is 232 g/mol. The molecule has 0 N–H and O–H groups in total. The standard InChI is InChI=1S/C14H16O4/c1-4-5-6-10-12-9(14(15)18-10)7-8-11(16-2)13(12)17-3/h6-8H,4-5H2,1-3H3/b10-6-. The Labute approximate surface area is 106 Å². The van der Waals surface area contributed by atoms with Crippen LogP contribution in [0.15, 0.2) is 18.2 Å². The Bertz CT molecular complexity index is 503. The van der Waals surface area contributed by atoms with Crippen molar-refractivity contribution in [3.05, 3.63) is 29.3 Å². The lowest BCUT2D eigenvalue weighted by Crippen LogP contribution is -1.97. The first-order valence-corrected chi connectivity index (χ1v) is 5.90. The van der Waals surface area contributed by atoms with Gasteiger partial charge in [0.05, 0.1) is 25.3 Å². The molecule has 1 aromatic carbocycles. The molecule has 4 nitrogen and oxygen atoms in total. The molecule has 0 aromatic heterocycles. The molecule has 1 aliphatic heterocycles. The average Bonchev–Trinajstić information content (AvgIpc) is 2.72. The lowest BCUT2D eigenvalue weighted by molar-refractivity contribution is 0.0715. The minimum Gasteiger partial charge on any atom is -0.493 e. The highest BCUT2D eigenvalue weighted by Crippen LogP contribution is 2.42. The quantitative estimate of drug-likeness (QED) is 0.768. The Morgan fingerprint density at radius 2 is 2.06 bits per heavy atom. The largest absolute Gasteiger partial charge is 0.493 e. The second-order valence-electron chi connectivity index (χ2n) is 3.97. The first-order valence-electron chi connectivity index (χ1n) is 5.90. The molecule has 0 unspecified atom stereocenters. The lowest BCUT2D eigenvalue weighted by atomic mass is 10.1. The van der Waals surface area contributed by atoms with Gasteiger partial charge in [-0.1, -0.05) is 13.3 Å². The topological polar surface area (TPSA) is 44.8 Å². The Kier molecular flexibility index (Phi) is 3.55. The number of benzene rings is 1. The van der Waals surface area contributed by atoms with E-state index < -0.39 is 0 Å². The highest BCUT2D eigenvalue weighted by atomic mass is 16.5. The number of fused-ring (bicyclic) bond motifs is 1. The van der Waals surface area contributed by atoms with Crippen molar-refractivity contribution in [1.82, 2.24) is 0 Å². The number of hydrogen-bond acceptors (Lipinski definition) is 4. The number of ether oxygens (including phenoxy) is 3. The number of methoxy groups -OCH3 is 2. The van der Waals surface area contributed by atoms with Crippen LogP contribution in [-0.2, 0) is 4.74 Å². The van der Waals surface area contributed by atoms with Gasteiger partial charge in [0.1, 0.15) is 5.76 Å². The van der Waals surface area contributed by atoms with Crippen LogP contribution in [0, 0.1) is 0 Å². The van der Waals surface area contributed by atoms with E-state index in [1.54, 1.807) is 26.4 Å². The van der Waals surface area contributed by atoms with Gasteiger partial charge in [0.15, 0.2) is 11.5 Å². The third kappa shape index (κ3) is 1.94. The van der Waals surface area contributed by atoms with Crippen molar-refractivity contribution in [3.8, 4) is 11.5 Å². The molecule has 1 heterocycles. The number of allylic oxidation sites excluding steroid dienone is 1. The van der Waals surface area contributed by atoms with E-state index in [-0.39, 0.29) is 5.97 Å². The molecule has 4 heteroatoms. The van der Waals surface area contributed by atoms with Crippen LogP contribution in [0.1, 0.15) is 35.7 Å². The molecule has 0 atom stereocenters. The second kappa shape index (κ2) is 5.12. The van der Waals surface area contributed by atoms with Gasteiger partial charge in [-0.15, -0.1) is 0 Å². The van der Waals surface area contributed by atoms with E-state index in [2.05, 4.69) is 6.92 Å². The molecule has 96 valence electrons. The molecule has 18 heavy (non-hydrogen) atoms. The zero-order valence-corrected chi connectivity index (χ0v) is 10.8. The fourth-order valence-corrected chi connectivity index (χ4v) is 1.97. The normalized spacial score (nSPS) is 15.5. The number of carbonyl (C=O) groups excluding carboxylic acids is 1. The summed E-state index contributed by atoms with van der Waals surface area (Å²) in [4.78, 5) is 11.7. The zero-order chi connectivity index (χ0) is 13.1. The van der Waals surface area contributed by atoms with E-state index >= 15 is 0 Å². The van der Waals surface area contributed by atoms with Crippen molar-refractivity contribution < 1.29 is 19.0 Å². The van der Waals surface area contributed by atoms with Gasteiger partial charge < -0.3 is 14.2 Å². The predicted octanol–water partition coefficient (Wildman–Crippen LogP) is 3.02. The number of rotatable bonds is 4. The number of carbonyl (C=O) groups is 1. The fourth-order valence-electron chi connectivity index (χ4n) is 1.97. The van der Waals surface area contributed by atoms with Crippen LogP contribution in [-0.4, -0.2) is 20.2 Å². The molecular formula is C14H16O4. The van der Waals surface area contributed by atoms with Gasteiger partial charge >= 0.3 is 5.97 Å². The monoisotopic (exact) mass is 248 g/mol. The van der Waals surface area contributed by atoms with E-state index in [0.717, 1.165) is 12.8 Å². The average molecular weight is 248 g/mol. The number of hydrogen-bond donors (Lipinski definition) is 0. The van der Waals surface area contributed by atoms with Crippen LogP contribution in [0.4, 0.5) is 0 Å². The second-order valence-corrected chi connectivity index (χ2v) is 3.97. The maximum absolute atomic E-state index is 11.7. The molecule has 0 fully saturated rings. The Morgan fingerprint density at radius 3 is 2.67 bits per heavy atom. The maximum Gasteiger partial charge on any atom is 0.344 e. The molecule has 0 spiro atoms. The number of unbranched alkanes of at least 4 members (excludes halogenated alkanes) is 1. The van der Waals surface area contributed by atoms with Crippen molar-refractivity contribution in [2.24, 2.45) is 0 Å². The molecule has 0 bridgehead atoms. The van der Waals surface area contributed by atoms with E-state index in [0.29, 0.717) is 28.4 Å². The van der Waals surface area contributed by atoms with Crippen molar-refractivity contribution in [3.63, 3.8) is 0 Å². The van der Waals surface area contributed by atoms with Crippen LogP contribution < -0.4 is 9.47 Å². The highest BCUT2D eigenvalue weighted by molar-refractivity contribution is 6.04. The Balaban J connectivity index is 2.58. The summed E-state index contributed by atoms with van der Waals surface area (Å²) in [7, 11) is 3.12. The van der Waals surface area contributed by atoms with Crippen LogP contribution in [0.3, 0.4) is 0 Å². The van der Waals surface area contributed by atoms with Crippen molar-refractivity contribution in [2.45, 2.75) is 19.8 Å². The van der Waals surface area contributed by atoms with Gasteiger partial charge in [-0.2, -0.15) is 0 Å². The molecule has 0 aliphatic carbocycles. The Hall–Kier alpha value is -1.97. The predicted molar refractivity (Wildman–Crippen MR) is 67.8 cm³/mol. The first kappa shape index (κ1) is 12.5. The molecule has 0 radical (unpaired) electrons. The summed E-state index contributed by atoms with van der Waals surface area (Å²) in [5, 5.41) is 0. The molecule has 0 saturated heterocycles. The van der Waals surface area contributed by atoms with Crippen LogP contribution >= 0.6 is 0 Å². The minimum absolute atomic E-state index is 0.340. The van der Waals surface area contributed by atoms with Crippen molar-refractivity contribution in [1.29, 1.82) is 0 Å². The third-order valence-corrected chi connectivity index (χ3v) is 2.83. The summed E-state index contributed by atoms with van der Waals surface area (Å²) < 4.78 is 15.8. The summed E-state index contributed by atoms with van der Waals surface area (Å²) in [5.41, 5.74) is 1.21. The molecule has 0 amide bonds. The molecule has 2 rings (SSSR count). The molecule has 1 aromatic rings. The van der Waals surface area contributed by atoms with E-state index in [1.807, 2.05) is 6.08 Å². The summed E-state index contributed by atoms with van der Waals surface area (Å²) in [5.74, 6) is 1.36. The fraction of sp³-hybridized carbons (Fsp3) is 0.357. The van der Waals surface area contributed by atoms with Gasteiger partial charge in [-0.25, -0.2) is 4.79 Å². The summed E-state index contributed by atoms with van der Waals surface area (Å²) in [6.45, 7) is 2.07. The molecule has 1 aliphatic rings. The van der Waals surface area contributed by atoms with Gasteiger partial charge in [0.2, 0.25) is 0 Å².